The maximum atomic E-state index is 11.5. The van der Waals surface area contributed by atoms with Gasteiger partial charge in [-0.25, -0.2) is 0 Å². The Labute approximate surface area is 188 Å². The van der Waals surface area contributed by atoms with Gasteiger partial charge in [-0.3, -0.25) is 9.59 Å². The molecule has 0 spiro atoms. The van der Waals surface area contributed by atoms with Crippen molar-refractivity contribution in [1.82, 2.24) is 0 Å². The maximum Gasteiger partial charge on any atom is 0.494 e. The predicted molar refractivity (Wildman–Crippen MR) is 114 cm³/mol. The molecule has 0 amide bonds. The van der Waals surface area contributed by atoms with Gasteiger partial charge in [-0.05, 0) is 38.7 Å². The molecule has 0 aliphatic carbocycles. The van der Waals surface area contributed by atoms with E-state index < -0.39 is 60.8 Å². The van der Waals surface area contributed by atoms with Crippen molar-refractivity contribution in [2.24, 2.45) is 0 Å². The van der Waals surface area contributed by atoms with Crippen molar-refractivity contribution in [3.05, 3.63) is 29.8 Å². The van der Waals surface area contributed by atoms with Crippen LogP contribution in [0.5, 0.6) is 0 Å². The van der Waals surface area contributed by atoms with Crippen LogP contribution >= 0.6 is 0 Å². The molecule has 0 bridgehead atoms. The van der Waals surface area contributed by atoms with Gasteiger partial charge in [0.25, 0.3) is 0 Å². The van der Waals surface area contributed by atoms with E-state index in [2.05, 4.69) is 0 Å². The number of carbonyl (C=O) groups excluding carboxylic acids is 2. The zero-order valence-electron chi connectivity index (χ0n) is 19.2. The second kappa shape index (κ2) is 9.11. The molecule has 2 aliphatic heterocycles. The van der Waals surface area contributed by atoms with E-state index in [0.717, 1.165) is 5.46 Å². The number of aliphatic hydroxyl groups excluding tert-OH is 2. The van der Waals surface area contributed by atoms with Gasteiger partial charge >= 0.3 is 19.1 Å². The largest absolute Gasteiger partial charge is 0.494 e. The van der Waals surface area contributed by atoms with Crippen LogP contribution in [0, 0.1) is 0 Å². The van der Waals surface area contributed by atoms with E-state index in [1.165, 1.54) is 13.8 Å². The number of ether oxygens (including phenoxy) is 3. The van der Waals surface area contributed by atoms with Crippen molar-refractivity contribution in [2.45, 2.75) is 83.3 Å². The van der Waals surface area contributed by atoms with E-state index in [-0.39, 0.29) is 6.61 Å². The van der Waals surface area contributed by atoms with E-state index in [0.29, 0.717) is 5.56 Å². The number of esters is 2. The molecule has 3 rings (SSSR count). The fourth-order valence-electron chi connectivity index (χ4n) is 3.71. The molecule has 2 N–H and O–H groups in total. The molecule has 32 heavy (non-hydrogen) atoms. The molecule has 2 saturated heterocycles. The number of hydrogen-bond acceptors (Lipinski definition) is 9. The van der Waals surface area contributed by atoms with E-state index in [1.54, 1.807) is 24.3 Å². The molecule has 1 aromatic rings. The normalized spacial score (nSPS) is 31.2. The van der Waals surface area contributed by atoms with Crippen molar-refractivity contribution < 1.29 is 43.3 Å². The summed E-state index contributed by atoms with van der Waals surface area (Å²) in [6.45, 7) is 10.1. The molecule has 0 radical (unpaired) electrons. The minimum absolute atomic E-state index is 0.237. The minimum Gasteiger partial charge on any atom is -0.463 e. The van der Waals surface area contributed by atoms with Crippen LogP contribution in [0.2, 0.25) is 0 Å². The van der Waals surface area contributed by atoms with Gasteiger partial charge in [0.2, 0.25) is 0 Å². The fraction of sp³-hybridized carbons (Fsp3) is 0.636. The average Bonchev–Trinajstić information content (AvgIpc) is 2.92. The molecule has 176 valence electrons. The van der Waals surface area contributed by atoms with Gasteiger partial charge in [0.1, 0.15) is 31.0 Å². The quantitative estimate of drug-likeness (QED) is 0.492. The lowest BCUT2D eigenvalue weighted by Crippen LogP contribution is -2.57. The Morgan fingerprint density at radius 3 is 2.03 bits per heavy atom. The van der Waals surface area contributed by atoms with Crippen LogP contribution < -0.4 is 5.46 Å². The van der Waals surface area contributed by atoms with E-state index in [9.17, 15) is 19.8 Å². The Morgan fingerprint density at radius 1 is 0.969 bits per heavy atom. The fourth-order valence-corrected chi connectivity index (χ4v) is 3.71. The molecule has 0 aromatic heterocycles. The average molecular weight is 450 g/mol. The Kier molecular flexibility index (Phi) is 7.02. The van der Waals surface area contributed by atoms with Gasteiger partial charge < -0.3 is 33.7 Å². The minimum atomic E-state index is -1.43. The van der Waals surface area contributed by atoms with Gasteiger partial charge in [0, 0.05) is 13.8 Å². The highest BCUT2D eigenvalue weighted by molar-refractivity contribution is 6.62. The van der Waals surface area contributed by atoms with Gasteiger partial charge in [0.15, 0.2) is 6.10 Å². The summed E-state index contributed by atoms with van der Waals surface area (Å²) in [7, 11) is -0.540. The molecular formula is C22H31BO9. The third-order valence-electron chi connectivity index (χ3n) is 6.23. The monoisotopic (exact) mass is 450 g/mol. The van der Waals surface area contributed by atoms with Crippen molar-refractivity contribution in [3.63, 3.8) is 0 Å². The van der Waals surface area contributed by atoms with Crippen LogP contribution in [-0.4, -0.2) is 71.5 Å². The summed E-state index contributed by atoms with van der Waals surface area (Å²) in [6.07, 6.45) is -5.85. The lowest BCUT2D eigenvalue weighted by atomic mass is 9.78. The summed E-state index contributed by atoms with van der Waals surface area (Å²) in [5, 5.41) is 21.3. The predicted octanol–water partition coefficient (Wildman–Crippen LogP) is 0.642. The number of benzene rings is 1. The molecule has 1 unspecified atom stereocenters. The molecule has 2 heterocycles. The van der Waals surface area contributed by atoms with Crippen LogP contribution in [0.4, 0.5) is 0 Å². The summed E-state index contributed by atoms with van der Waals surface area (Å²) in [5.41, 5.74) is 0.441. The lowest BCUT2D eigenvalue weighted by molar-refractivity contribution is -0.242. The van der Waals surface area contributed by atoms with Crippen molar-refractivity contribution in [1.29, 1.82) is 0 Å². The van der Waals surface area contributed by atoms with Crippen LogP contribution in [0.15, 0.2) is 24.3 Å². The highest BCUT2D eigenvalue weighted by Gasteiger charge is 2.52. The van der Waals surface area contributed by atoms with Crippen LogP contribution in [0.3, 0.4) is 0 Å². The van der Waals surface area contributed by atoms with Crippen molar-refractivity contribution in [2.75, 3.05) is 6.61 Å². The van der Waals surface area contributed by atoms with Gasteiger partial charge in [-0.1, -0.05) is 24.3 Å². The topological polar surface area (TPSA) is 121 Å². The molecule has 2 fully saturated rings. The Hall–Kier alpha value is -1.98. The summed E-state index contributed by atoms with van der Waals surface area (Å²) >= 11 is 0. The number of carbonyl (C=O) groups is 2. The standard InChI is InChI=1S/C22H31BO9/c1-12(24)28-11-16-20(29-13(2)25)18(27)17(26)19(30-16)14-7-9-15(10-8-14)23-31-21(3,4)22(5,6)32-23/h7-10,16-20,26-27H,11H2,1-6H3/t16?,17-,18+,19+,20+/m0/s1. The molecule has 5 atom stereocenters. The van der Waals surface area contributed by atoms with Gasteiger partial charge in [0.05, 0.1) is 11.2 Å². The van der Waals surface area contributed by atoms with E-state index >= 15 is 0 Å². The Bertz CT molecular complexity index is 822. The molecule has 1 aromatic carbocycles. The number of aliphatic hydroxyl groups is 2. The van der Waals surface area contributed by atoms with Crippen LogP contribution in [0.1, 0.15) is 53.2 Å². The Morgan fingerprint density at radius 2 is 1.53 bits per heavy atom. The van der Waals surface area contributed by atoms with Gasteiger partial charge in [-0.15, -0.1) is 0 Å². The Balaban J connectivity index is 1.79. The second-order valence-electron chi connectivity index (χ2n) is 9.21. The van der Waals surface area contributed by atoms with Crippen LogP contribution in [0.25, 0.3) is 0 Å². The summed E-state index contributed by atoms with van der Waals surface area (Å²) < 4.78 is 28.2. The first-order chi connectivity index (χ1) is 14.8. The smallest absolute Gasteiger partial charge is 0.463 e. The SMILES string of the molecule is CC(=O)OCC1O[C@H](c2ccc(B3OC(C)(C)C(C)(C)O3)cc2)[C@@H](O)[C@@H](O)[C@@H]1OC(C)=O. The van der Waals surface area contributed by atoms with Crippen molar-refractivity contribution in [3.8, 4) is 0 Å². The molecule has 2 aliphatic rings. The summed E-state index contributed by atoms with van der Waals surface area (Å²) in [4.78, 5) is 22.7. The highest BCUT2D eigenvalue weighted by Crippen LogP contribution is 2.37. The zero-order valence-corrected chi connectivity index (χ0v) is 19.2. The molecule has 0 saturated carbocycles. The maximum absolute atomic E-state index is 11.5. The third kappa shape index (κ3) is 4.99. The third-order valence-corrected chi connectivity index (χ3v) is 6.23. The number of rotatable bonds is 5. The first-order valence-electron chi connectivity index (χ1n) is 10.6. The lowest BCUT2D eigenvalue weighted by Gasteiger charge is -2.42. The van der Waals surface area contributed by atoms with E-state index in [1.807, 2.05) is 27.7 Å². The zero-order chi connectivity index (χ0) is 23.8. The first kappa shape index (κ1) is 24.7. The summed E-state index contributed by atoms with van der Waals surface area (Å²) in [5.74, 6) is -1.19. The summed E-state index contributed by atoms with van der Waals surface area (Å²) in [6, 6.07) is 7.10. The van der Waals surface area contributed by atoms with Crippen molar-refractivity contribution >= 4 is 24.5 Å². The molecular weight excluding hydrogens is 419 g/mol. The van der Waals surface area contributed by atoms with Crippen LogP contribution in [-0.2, 0) is 33.1 Å². The first-order valence-corrected chi connectivity index (χ1v) is 10.6. The number of hydrogen-bond donors (Lipinski definition) is 2. The molecule has 10 heteroatoms. The van der Waals surface area contributed by atoms with E-state index in [4.69, 9.17) is 23.5 Å². The highest BCUT2D eigenvalue weighted by atomic mass is 16.7. The van der Waals surface area contributed by atoms with Gasteiger partial charge in [-0.2, -0.15) is 0 Å². The molecule has 9 nitrogen and oxygen atoms in total. The second-order valence-corrected chi connectivity index (χ2v) is 9.21.